The summed E-state index contributed by atoms with van der Waals surface area (Å²) in [5.74, 6) is 1.77. The SMILES string of the molecule is COc1ccc(Cl)c(Cl)c1[C@H]1C[C@H]2CN(c3ccnc(CO)n3)CC(=O)N2C1. The van der Waals surface area contributed by atoms with Crippen molar-refractivity contribution in [2.24, 2.45) is 0 Å². The second-order valence-corrected chi connectivity index (χ2v) is 7.76. The number of carbonyl (C=O) groups is 1. The first kappa shape index (κ1) is 19.2. The van der Waals surface area contributed by atoms with Gasteiger partial charge in [-0.05, 0) is 24.6 Å². The minimum Gasteiger partial charge on any atom is -0.496 e. The predicted molar refractivity (Wildman–Crippen MR) is 106 cm³/mol. The summed E-state index contributed by atoms with van der Waals surface area (Å²) in [6.45, 7) is 1.25. The van der Waals surface area contributed by atoms with Gasteiger partial charge in [0, 0.05) is 36.8 Å². The number of benzene rings is 1. The molecule has 1 aromatic heterocycles. The zero-order valence-electron chi connectivity index (χ0n) is 15.3. The largest absolute Gasteiger partial charge is 0.496 e. The summed E-state index contributed by atoms with van der Waals surface area (Å²) in [5, 5.41) is 10.2. The molecule has 2 fully saturated rings. The lowest BCUT2D eigenvalue weighted by Gasteiger charge is -2.37. The number of fused-ring (bicyclic) bond motifs is 1. The lowest BCUT2D eigenvalue weighted by atomic mass is 9.95. The molecule has 0 unspecified atom stereocenters. The van der Waals surface area contributed by atoms with Gasteiger partial charge in [-0.2, -0.15) is 0 Å². The van der Waals surface area contributed by atoms with Crippen LogP contribution >= 0.6 is 23.2 Å². The van der Waals surface area contributed by atoms with Gasteiger partial charge in [-0.3, -0.25) is 4.79 Å². The van der Waals surface area contributed by atoms with Crippen LogP contribution in [0.1, 0.15) is 23.7 Å². The number of hydrogen-bond acceptors (Lipinski definition) is 6. The molecule has 28 heavy (non-hydrogen) atoms. The number of amides is 1. The topological polar surface area (TPSA) is 78.8 Å². The second-order valence-electron chi connectivity index (χ2n) is 6.98. The predicted octanol–water partition coefficient (Wildman–Crippen LogP) is 2.49. The van der Waals surface area contributed by atoms with Crippen molar-refractivity contribution in [2.45, 2.75) is 25.0 Å². The number of anilines is 1. The van der Waals surface area contributed by atoms with Gasteiger partial charge in [0.2, 0.25) is 5.91 Å². The van der Waals surface area contributed by atoms with Crippen molar-refractivity contribution in [1.29, 1.82) is 0 Å². The van der Waals surface area contributed by atoms with E-state index in [2.05, 4.69) is 9.97 Å². The van der Waals surface area contributed by atoms with Gasteiger partial charge in [0.05, 0.1) is 23.7 Å². The molecule has 4 rings (SSSR count). The van der Waals surface area contributed by atoms with Crippen LogP contribution < -0.4 is 9.64 Å². The second kappa shape index (κ2) is 7.73. The molecule has 2 aromatic rings. The molecule has 2 atom stereocenters. The highest BCUT2D eigenvalue weighted by Crippen LogP contribution is 2.44. The third kappa shape index (κ3) is 3.38. The van der Waals surface area contributed by atoms with E-state index < -0.39 is 0 Å². The zero-order valence-corrected chi connectivity index (χ0v) is 16.8. The van der Waals surface area contributed by atoms with Crippen molar-refractivity contribution in [1.82, 2.24) is 14.9 Å². The highest BCUT2D eigenvalue weighted by atomic mass is 35.5. The van der Waals surface area contributed by atoms with Gasteiger partial charge < -0.3 is 19.6 Å². The lowest BCUT2D eigenvalue weighted by Crippen LogP contribution is -2.54. The molecule has 3 heterocycles. The Morgan fingerprint density at radius 2 is 2.11 bits per heavy atom. The number of piperazine rings is 1. The summed E-state index contributed by atoms with van der Waals surface area (Å²) in [6, 6.07) is 5.32. The minimum atomic E-state index is -0.236. The number of ether oxygens (including phenoxy) is 1. The van der Waals surface area contributed by atoms with E-state index in [9.17, 15) is 9.90 Å². The van der Waals surface area contributed by atoms with E-state index in [-0.39, 0.29) is 31.0 Å². The number of rotatable bonds is 4. The maximum atomic E-state index is 12.8. The average Bonchev–Trinajstić information content (AvgIpc) is 3.14. The smallest absolute Gasteiger partial charge is 0.242 e. The minimum absolute atomic E-state index is 0.0403. The van der Waals surface area contributed by atoms with Crippen LogP contribution in [-0.2, 0) is 11.4 Å². The van der Waals surface area contributed by atoms with Gasteiger partial charge in [-0.1, -0.05) is 23.2 Å². The lowest BCUT2D eigenvalue weighted by molar-refractivity contribution is -0.132. The summed E-state index contributed by atoms with van der Waals surface area (Å²) in [6.07, 6.45) is 2.36. The molecule has 2 saturated heterocycles. The van der Waals surface area contributed by atoms with Crippen molar-refractivity contribution >= 4 is 34.9 Å². The fourth-order valence-corrected chi connectivity index (χ4v) is 4.57. The third-order valence-electron chi connectivity index (χ3n) is 5.37. The van der Waals surface area contributed by atoms with Gasteiger partial charge in [-0.15, -0.1) is 0 Å². The number of aliphatic hydroxyl groups excluding tert-OH is 1. The first-order valence-electron chi connectivity index (χ1n) is 9.01. The van der Waals surface area contributed by atoms with Crippen molar-refractivity contribution in [2.75, 3.05) is 31.6 Å². The zero-order chi connectivity index (χ0) is 19.8. The van der Waals surface area contributed by atoms with Crippen molar-refractivity contribution in [3.63, 3.8) is 0 Å². The Morgan fingerprint density at radius 1 is 1.29 bits per heavy atom. The van der Waals surface area contributed by atoms with E-state index in [0.29, 0.717) is 40.5 Å². The van der Waals surface area contributed by atoms with Gasteiger partial charge in [-0.25, -0.2) is 9.97 Å². The Kier molecular flexibility index (Phi) is 5.31. The number of aromatic nitrogens is 2. The Morgan fingerprint density at radius 3 is 2.86 bits per heavy atom. The highest BCUT2D eigenvalue weighted by molar-refractivity contribution is 6.42. The van der Waals surface area contributed by atoms with Crippen LogP contribution in [0.5, 0.6) is 5.75 Å². The Labute approximate surface area is 172 Å². The van der Waals surface area contributed by atoms with Crippen molar-refractivity contribution in [3.8, 4) is 5.75 Å². The molecular weight excluding hydrogens is 403 g/mol. The first-order chi connectivity index (χ1) is 13.5. The van der Waals surface area contributed by atoms with Crippen LogP contribution in [0.3, 0.4) is 0 Å². The molecule has 0 aliphatic carbocycles. The molecule has 9 heteroatoms. The van der Waals surface area contributed by atoms with Crippen molar-refractivity contribution in [3.05, 3.63) is 45.8 Å². The summed E-state index contributed by atoms with van der Waals surface area (Å²) in [4.78, 5) is 25.0. The maximum absolute atomic E-state index is 12.8. The third-order valence-corrected chi connectivity index (χ3v) is 6.19. The van der Waals surface area contributed by atoms with Crippen LogP contribution in [0.2, 0.25) is 10.0 Å². The van der Waals surface area contributed by atoms with E-state index in [0.717, 1.165) is 12.0 Å². The molecule has 148 valence electrons. The van der Waals surface area contributed by atoms with Crippen LogP contribution in [0.25, 0.3) is 0 Å². The van der Waals surface area contributed by atoms with E-state index in [4.69, 9.17) is 27.9 Å². The molecule has 1 aromatic carbocycles. The number of halogens is 2. The summed E-state index contributed by atoms with van der Waals surface area (Å²) >= 11 is 12.7. The Hall–Kier alpha value is -2.09. The van der Waals surface area contributed by atoms with Gasteiger partial charge in [0.15, 0.2) is 5.82 Å². The number of nitrogens with zero attached hydrogens (tertiary/aromatic N) is 4. The van der Waals surface area contributed by atoms with E-state index in [1.807, 2.05) is 15.9 Å². The molecule has 2 aliphatic rings. The van der Waals surface area contributed by atoms with Crippen LogP contribution in [0, 0.1) is 0 Å². The molecule has 7 nitrogen and oxygen atoms in total. The molecular formula is C19H20Cl2N4O3. The quantitative estimate of drug-likeness (QED) is 0.814. The monoisotopic (exact) mass is 422 g/mol. The molecule has 0 saturated carbocycles. The summed E-state index contributed by atoms with van der Waals surface area (Å²) in [7, 11) is 1.60. The Bertz CT molecular complexity index is 911. The van der Waals surface area contributed by atoms with Gasteiger partial charge in [0.1, 0.15) is 18.2 Å². The van der Waals surface area contributed by atoms with E-state index in [1.54, 1.807) is 25.4 Å². The summed E-state index contributed by atoms with van der Waals surface area (Å²) in [5.41, 5.74) is 0.856. The first-order valence-corrected chi connectivity index (χ1v) is 9.76. The molecule has 0 spiro atoms. The van der Waals surface area contributed by atoms with Crippen LogP contribution in [-0.4, -0.2) is 58.7 Å². The molecule has 1 N–H and O–H groups in total. The van der Waals surface area contributed by atoms with Crippen molar-refractivity contribution < 1.29 is 14.6 Å². The molecule has 0 radical (unpaired) electrons. The molecule has 1 amide bonds. The van der Waals surface area contributed by atoms with Gasteiger partial charge >= 0.3 is 0 Å². The number of carbonyl (C=O) groups excluding carboxylic acids is 1. The van der Waals surface area contributed by atoms with Gasteiger partial charge in [0.25, 0.3) is 0 Å². The number of aliphatic hydroxyl groups is 1. The molecule has 0 bridgehead atoms. The van der Waals surface area contributed by atoms with Crippen LogP contribution in [0.4, 0.5) is 5.82 Å². The average molecular weight is 423 g/mol. The van der Waals surface area contributed by atoms with E-state index in [1.165, 1.54) is 0 Å². The fraction of sp³-hybridized carbons (Fsp3) is 0.421. The summed E-state index contributed by atoms with van der Waals surface area (Å²) < 4.78 is 5.49. The standard InChI is InChI=1S/C19H20Cl2N4O3/c1-28-14-3-2-13(20)19(21)18(14)11-6-12-8-24(9-17(27)25(12)7-11)16-4-5-22-15(10-26)23-16/h2-5,11-12,26H,6-10H2,1H3/t11-,12-/m0/s1. The number of methoxy groups -OCH3 is 1. The number of hydrogen-bond donors (Lipinski definition) is 1. The van der Waals surface area contributed by atoms with Crippen LogP contribution in [0.15, 0.2) is 24.4 Å². The Balaban J connectivity index is 1.59. The fourth-order valence-electron chi connectivity index (χ4n) is 4.10. The highest BCUT2D eigenvalue weighted by Gasteiger charge is 2.42. The molecule has 2 aliphatic heterocycles. The normalized spacial score (nSPS) is 21.8. The maximum Gasteiger partial charge on any atom is 0.242 e. The van der Waals surface area contributed by atoms with E-state index >= 15 is 0 Å².